The zero-order valence-electron chi connectivity index (χ0n) is 14.4. The molecule has 3 aromatic rings. The van der Waals surface area contributed by atoms with E-state index in [1.807, 2.05) is 0 Å². The summed E-state index contributed by atoms with van der Waals surface area (Å²) in [6.07, 6.45) is 0. The molecule has 3 aromatic carbocycles. The molecule has 1 radical (unpaired) electrons. The Morgan fingerprint density at radius 2 is 1.29 bits per heavy atom. The number of fused-ring (bicyclic) bond motifs is 1. The molecule has 9 nitrogen and oxygen atoms in total. The number of benzene rings is 3. The summed E-state index contributed by atoms with van der Waals surface area (Å²) < 4.78 is 62.6. The van der Waals surface area contributed by atoms with Crippen LogP contribution in [0.4, 0.5) is 11.4 Å². The molecule has 0 unspecified atom stereocenters. The van der Waals surface area contributed by atoms with Crippen LogP contribution >= 0.6 is 0 Å². The third-order valence-electron chi connectivity index (χ3n) is 3.64. The maximum atomic E-state index is 11.2. The van der Waals surface area contributed by atoms with E-state index in [9.17, 15) is 21.9 Å². The monoisotopic (exact) mass is 431 g/mol. The largest absolute Gasteiger partial charge is 0.506 e. The van der Waals surface area contributed by atoms with E-state index >= 15 is 0 Å². The third-order valence-corrected chi connectivity index (χ3v) is 5.36. The minimum absolute atomic E-state index is 0. The van der Waals surface area contributed by atoms with Gasteiger partial charge in [-0.25, -0.2) is 0 Å². The van der Waals surface area contributed by atoms with Gasteiger partial charge in [0.1, 0.15) is 11.4 Å². The SMILES string of the molecule is O=S(=O)(O)c1ccc(N=Nc2c(O)ccc3cc(S(=O)(=O)O)ccc23)cc1.[Na]. The van der Waals surface area contributed by atoms with Crippen molar-refractivity contribution < 1.29 is 31.0 Å². The Labute approximate surface area is 182 Å². The van der Waals surface area contributed by atoms with Gasteiger partial charge >= 0.3 is 0 Å². The normalized spacial score (nSPS) is 12.2. The van der Waals surface area contributed by atoms with Crippen molar-refractivity contribution in [1.82, 2.24) is 0 Å². The molecule has 0 aliphatic heterocycles. The molecule has 0 saturated heterocycles. The number of azo groups is 1. The fraction of sp³-hybridized carbons (Fsp3) is 0. The Balaban J connectivity index is 0.00000280. The molecule has 0 bridgehead atoms. The third kappa shape index (κ3) is 4.94. The van der Waals surface area contributed by atoms with Crippen molar-refractivity contribution in [3.05, 3.63) is 54.6 Å². The van der Waals surface area contributed by atoms with Gasteiger partial charge in [-0.05, 0) is 47.9 Å². The van der Waals surface area contributed by atoms with Crippen molar-refractivity contribution >= 4 is 71.9 Å². The zero-order chi connectivity index (χ0) is 19.8. The maximum absolute atomic E-state index is 11.2. The predicted octanol–water partition coefficient (Wildman–Crippen LogP) is 3.07. The molecule has 0 heterocycles. The minimum Gasteiger partial charge on any atom is -0.506 e. The molecule has 0 amide bonds. The molecule has 141 valence electrons. The number of hydrogen-bond acceptors (Lipinski definition) is 7. The van der Waals surface area contributed by atoms with Crippen molar-refractivity contribution in [3.8, 4) is 5.75 Å². The predicted molar refractivity (Wildman–Crippen MR) is 102 cm³/mol. The van der Waals surface area contributed by atoms with Crippen LogP contribution in [-0.4, -0.2) is 60.6 Å². The van der Waals surface area contributed by atoms with Crippen LogP contribution in [0.1, 0.15) is 0 Å². The van der Waals surface area contributed by atoms with Gasteiger partial charge < -0.3 is 5.11 Å². The topological polar surface area (TPSA) is 154 Å². The first-order valence-corrected chi connectivity index (χ1v) is 10.2. The fourth-order valence-electron chi connectivity index (χ4n) is 2.34. The van der Waals surface area contributed by atoms with Crippen LogP contribution in [0.3, 0.4) is 0 Å². The Hall–Kier alpha value is -1.86. The van der Waals surface area contributed by atoms with Crippen LogP contribution in [0.5, 0.6) is 5.75 Å². The minimum atomic E-state index is -4.37. The molecule has 0 saturated carbocycles. The van der Waals surface area contributed by atoms with Gasteiger partial charge in [0.15, 0.2) is 0 Å². The molecule has 0 aliphatic rings. The Kier molecular flexibility index (Phi) is 6.61. The molecular weight excluding hydrogens is 419 g/mol. The van der Waals surface area contributed by atoms with Crippen molar-refractivity contribution in [2.24, 2.45) is 10.2 Å². The summed E-state index contributed by atoms with van der Waals surface area (Å²) in [6, 6.07) is 11.4. The average molecular weight is 431 g/mol. The number of phenols is 1. The summed E-state index contributed by atoms with van der Waals surface area (Å²) in [5.41, 5.74) is 0.321. The van der Waals surface area contributed by atoms with Crippen LogP contribution < -0.4 is 0 Å². The van der Waals surface area contributed by atoms with Crippen LogP contribution in [0, 0.1) is 0 Å². The first-order chi connectivity index (χ1) is 12.6. The Bertz CT molecular complexity index is 1270. The first-order valence-electron chi connectivity index (χ1n) is 7.28. The first kappa shape index (κ1) is 22.4. The second-order valence-electron chi connectivity index (χ2n) is 5.46. The second-order valence-corrected chi connectivity index (χ2v) is 8.30. The van der Waals surface area contributed by atoms with Gasteiger partial charge in [0, 0.05) is 34.9 Å². The molecule has 0 aromatic heterocycles. The van der Waals surface area contributed by atoms with E-state index in [-0.39, 0.29) is 56.5 Å². The molecule has 0 aliphatic carbocycles. The van der Waals surface area contributed by atoms with E-state index in [4.69, 9.17) is 9.11 Å². The molecule has 0 atom stereocenters. The van der Waals surface area contributed by atoms with Gasteiger partial charge in [-0.3, -0.25) is 9.11 Å². The summed E-state index contributed by atoms with van der Waals surface area (Å²) in [4.78, 5) is -0.600. The summed E-state index contributed by atoms with van der Waals surface area (Å²) in [5, 5.41) is 18.7. The number of hydrogen-bond donors (Lipinski definition) is 3. The molecule has 3 rings (SSSR count). The van der Waals surface area contributed by atoms with E-state index in [1.54, 1.807) is 0 Å². The van der Waals surface area contributed by atoms with Crippen molar-refractivity contribution in [3.63, 3.8) is 0 Å². The second kappa shape index (κ2) is 8.25. The summed E-state index contributed by atoms with van der Waals surface area (Å²) in [6.45, 7) is 0. The summed E-state index contributed by atoms with van der Waals surface area (Å²) in [5.74, 6) is -0.208. The number of phenolic OH excluding ortho intramolecular Hbond substituents is 1. The summed E-state index contributed by atoms with van der Waals surface area (Å²) in [7, 11) is -8.69. The van der Waals surface area contributed by atoms with Crippen LogP contribution in [0.15, 0.2) is 74.6 Å². The Morgan fingerprint density at radius 1 is 0.714 bits per heavy atom. The van der Waals surface area contributed by atoms with E-state index in [1.165, 1.54) is 36.4 Å². The number of nitrogens with zero attached hydrogens (tertiary/aromatic N) is 2. The van der Waals surface area contributed by atoms with Crippen molar-refractivity contribution in [2.45, 2.75) is 9.79 Å². The van der Waals surface area contributed by atoms with Gasteiger partial charge in [-0.2, -0.15) is 21.9 Å². The molecular formula is C16H12N2NaO7S2. The smallest absolute Gasteiger partial charge is 0.294 e. The molecule has 12 heteroatoms. The van der Waals surface area contributed by atoms with Gasteiger partial charge in [0.2, 0.25) is 0 Å². The van der Waals surface area contributed by atoms with Gasteiger partial charge in [0.25, 0.3) is 20.2 Å². The quantitative estimate of drug-likeness (QED) is 0.326. The summed E-state index contributed by atoms with van der Waals surface area (Å²) >= 11 is 0. The van der Waals surface area contributed by atoms with Crippen LogP contribution in [-0.2, 0) is 20.2 Å². The molecule has 28 heavy (non-hydrogen) atoms. The van der Waals surface area contributed by atoms with Gasteiger partial charge in [0.05, 0.1) is 15.5 Å². The van der Waals surface area contributed by atoms with E-state index < -0.39 is 20.2 Å². The van der Waals surface area contributed by atoms with E-state index in [0.717, 1.165) is 18.2 Å². The Morgan fingerprint density at radius 3 is 1.86 bits per heavy atom. The molecule has 0 spiro atoms. The zero-order valence-corrected chi connectivity index (χ0v) is 18.0. The van der Waals surface area contributed by atoms with E-state index in [0.29, 0.717) is 10.8 Å². The molecule has 3 N–H and O–H groups in total. The maximum Gasteiger partial charge on any atom is 0.294 e. The van der Waals surface area contributed by atoms with E-state index in [2.05, 4.69) is 10.2 Å². The van der Waals surface area contributed by atoms with Crippen molar-refractivity contribution in [2.75, 3.05) is 0 Å². The molecule has 0 fully saturated rings. The fourth-order valence-corrected chi connectivity index (χ4v) is 3.33. The average Bonchev–Trinajstić information content (AvgIpc) is 2.59. The van der Waals surface area contributed by atoms with Gasteiger partial charge in [-0.1, -0.05) is 12.1 Å². The standard InChI is InChI=1S/C16H12N2O7S2.Na/c19-15-8-1-10-9-13(27(23,24)25)6-7-14(10)16(15)18-17-11-2-4-12(5-3-11)26(20,21)22;/h1-9,19H,(H,20,21,22)(H,23,24,25);. The number of aromatic hydroxyl groups is 1. The van der Waals surface area contributed by atoms with Crippen molar-refractivity contribution in [1.29, 1.82) is 0 Å². The van der Waals surface area contributed by atoms with Crippen LogP contribution in [0.2, 0.25) is 0 Å². The van der Waals surface area contributed by atoms with Crippen LogP contribution in [0.25, 0.3) is 10.8 Å². The van der Waals surface area contributed by atoms with Gasteiger partial charge in [-0.15, -0.1) is 5.11 Å². The number of rotatable bonds is 4.